The maximum Gasteiger partial charge on any atom is 0.410 e. The molecule has 1 amide bonds. The van der Waals surface area contributed by atoms with Crippen molar-refractivity contribution in [1.29, 1.82) is 0 Å². The highest BCUT2D eigenvalue weighted by Gasteiger charge is 2.30. The first kappa shape index (κ1) is 26.1. The second-order valence-electron chi connectivity index (χ2n) is 12.2. The molecule has 8 heteroatoms. The van der Waals surface area contributed by atoms with Gasteiger partial charge in [-0.15, -0.1) is 10.2 Å². The molecule has 0 saturated carbocycles. The summed E-state index contributed by atoms with van der Waals surface area (Å²) < 4.78 is 7.73. The number of amides is 1. The third-order valence-electron chi connectivity index (χ3n) is 6.97. The number of carbonyl (C=O) groups excluding carboxylic acids is 1. The van der Waals surface area contributed by atoms with Crippen LogP contribution in [0.15, 0.2) is 48.7 Å². The third-order valence-corrected chi connectivity index (χ3v) is 6.97. The molecule has 8 nitrogen and oxygen atoms in total. The Morgan fingerprint density at radius 2 is 1.89 bits per heavy atom. The fraction of sp³-hybridized carbons (Fsp3) is 0.467. The molecule has 200 valence electrons. The van der Waals surface area contributed by atoms with E-state index in [2.05, 4.69) is 72.8 Å². The topological polar surface area (TPSA) is 84.7 Å². The molecule has 1 fully saturated rings. The number of hydrogen-bond acceptors (Lipinski definition) is 6. The SMILES string of the molecule is CC(C)(C)OC(=O)N(CCc1ccc2nnc(-c3ccc4cccc(C(C)(C)C)c4n3)n2c1)C1CCNC1. The van der Waals surface area contributed by atoms with Gasteiger partial charge in [-0.3, -0.25) is 4.40 Å². The third kappa shape index (κ3) is 5.50. The lowest BCUT2D eigenvalue weighted by Crippen LogP contribution is -2.45. The van der Waals surface area contributed by atoms with E-state index in [1.54, 1.807) is 0 Å². The highest BCUT2D eigenvalue weighted by atomic mass is 16.6. The van der Waals surface area contributed by atoms with Gasteiger partial charge in [-0.2, -0.15) is 0 Å². The Bertz CT molecular complexity index is 1460. The summed E-state index contributed by atoms with van der Waals surface area (Å²) in [6.45, 7) is 14.6. The lowest BCUT2D eigenvalue weighted by atomic mass is 9.85. The molecule has 1 aromatic carbocycles. The minimum atomic E-state index is -0.530. The number of carbonyl (C=O) groups is 1. The summed E-state index contributed by atoms with van der Waals surface area (Å²) >= 11 is 0. The standard InChI is InChI=1S/C30H38N6O2/c1-29(2,3)23-9-7-8-21-11-12-24(32-26(21)23)27-34-33-25-13-10-20(19-36(25)27)15-17-35(22-14-16-31-18-22)28(37)38-30(4,5)6/h7-13,19,22,31H,14-18H2,1-6H3. The van der Waals surface area contributed by atoms with Crippen LogP contribution in [0.2, 0.25) is 0 Å². The lowest BCUT2D eigenvalue weighted by molar-refractivity contribution is 0.0179. The minimum absolute atomic E-state index is 0.0277. The quantitative estimate of drug-likeness (QED) is 0.385. The summed E-state index contributed by atoms with van der Waals surface area (Å²) in [6.07, 6.45) is 3.43. The first-order valence-electron chi connectivity index (χ1n) is 13.4. The van der Waals surface area contributed by atoms with Crippen LogP contribution in [-0.4, -0.2) is 61.9 Å². The molecule has 0 radical (unpaired) electrons. The average Bonchev–Trinajstić information content (AvgIpc) is 3.52. The molecular weight excluding hydrogens is 476 g/mol. The summed E-state index contributed by atoms with van der Waals surface area (Å²) in [7, 11) is 0. The van der Waals surface area contributed by atoms with Crippen LogP contribution in [0.3, 0.4) is 0 Å². The summed E-state index contributed by atoms with van der Waals surface area (Å²) in [6, 6.07) is 14.6. The molecule has 3 aromatic heterocycles. The van der Waals surface area contributed by atoms with Gasteiger partial charge in [0.15, 0.2) is 11.5 Å². The van der Waals surface area contributed by atoms with Gasteiger partial charge in [0.25, 0.3) is 0 Å². The van der Waals surface area contributed by atoms with Crippen molar-refractivity contribution < 1.29 is 9.53 Å². The van der Waals surface area contributed by atoms with Crippen molar-refractivity contribution >= 4 is 22.6 Å². The zero-order valence-corrected chi connectivity index (χ0v) is 23.3. The predicted molar refractivity (Wildman–Crippen MR) is 150 cm³/mol. The number of aromatic nitrogens is 4. The summed E-state index contributed by atoms with van der Waals surface area (Å²) in [5.74, 6) is 0.705. The fourth-order valence-electron chi connectivity index (χ4n) is 5.03. The maximum absolute atomic E-state index is 13.0. The number of benzene rings is 1. The number of fused-ring (bicyclic) bond motifs is 2. The monoisotopic (exact) mass is 514 g/mol. The van der Waals surface area contributed by atoms with Crippen LogP contribution in [0.4, 0.5) is 4.79 Å². The molecule has 0 aliphatic carbocycles. The van der Waals surface area contributed by atoms with Gasteiger partial charge in [-0.25, -0.2) is 9.78 Å². The zero-order valence-electron chi connectivity index (χ0n) is 23.3. The van der Waals surface area contributed by atoms with Gasteiger partial charge < -0.3 is 15.0 Å². The first-order chi connectivity index (χ1) is 18.0. The predicted octanol–water partition coefficient (Wildman–Crippen LogP) is 5.38. The van der Waals surface area contributed by atoms with E-state index < -0.39 is 5.60 Å². The summed E-state index contributed by atoms with van der Waals surface area (Å²) in [5.41, 5.74) is 4.27. The van der Waals surface area contributed by atoms with Crippen molar-refractivity contribution in [2.75, 3.05) is 19.6 Å². The molecule has 4 aromatic rings. The van der Waals surface area contributed by atoms with Crippen LogP contribution in [0, 0.1) is 0 Å². The molecule has 1 aliphatic heterocycles. The molecule has 0 spiro atoms. The van der Waals surface area contributed by atoms with Crippen molar-refractivity contribution in [2.24, 2.45) is 0 Å². The number of para-hydroxylation sites is 1. The number of hydrogen-bond donors (Lipinski definition) is 1. The molecule has 1 saturated heterocycles. The molecule has 1 atom stereocenters. The van der Waals surface area contributed by atoms with Gasteiger partial charge in [-0.1, -0.05) is 51.1 Å². The minimum Gasteiger partial charge on any atom is -0.444 e. The van der Waals surface area contributed by atoms with Crippen molar-refractivity contribution in [1.82, 2.24) is 29.8 Å². The van der Waals surface area contributed by atoms with Crippen LogP contribution < -0.4 is 5.32 Å². The van der Waals surface area contributed by atoms with Crippen molar-refractivity contribution in [3.63, 3.8) is 0 Å². The highest BCUT2D eigenvalue weighted by molar-refractivity contribution is 5.84. The Kier molecular flexibility index (Phi) is 6.86. The molecule has 4 heterocycles. The van der Waals surface area contributed by atoms with E-state index in [-0.39, 0.29) is 17.6 Å². The Balaban J connectivity index is 1.44. The number of rotatable bonds is 5. The van der Waals surface area contributed by atoms with Crippen molar-refractivity contribution in [3.8, 4) is 11.5 Å². The lowest BCUT2D eigenvalue weighted by Gasteiger charge is -2.31. The summed E-state index contributed by atoms with van der Waals surface area (Å²) in [5, 5.41) is 13.4. The van der Waals surface area contributed by atoms with E-state index in [1.165, 1.54) is 5.56 Å². The van der Waals surface area contributed by atoms with E-state index in [4.69, 9.17) is 9.72 Å². The maximum atomic E-state index is 13.0. The second kappa shape index (κ2) is 9.98. The molecule has 5 rings (SSSR count). The van der Waals surface area contributed by atoms with Gasteiger partial charge in [0.2, 0.25) is 0 Å². The molecule has 1 unspecified atom stereocenters. The normalized spacial score (nSPS) is 16.3. The molecule has 0 bridgehead atoms. The first-order valence-corrected chi connectivity index (χ1v) is 13.4. The molecule has 38 heavy (non-hydrogen) atoms. The number of nitrogens with one attached hydrogen (secondary N) is 1. The Labute approximate surface area is 224 Å². The molecule has 1 N–H and O–H groups in total. The Morgan fingerprint density at radius 3 is 2.61 bits per heavy atom. The van der Waals surface area contributed by atoms with E-state index in [1.807, 2.05) is 42.2 Å². The smallest absolute Gasteiger partial charge is 0.410 e. The van der Waals surface area contributed by atoms with Crippen LogP contribution in [0.1, 0.15) is 59.1 Å². The number of pyridine rings is 2. The molecule has 1 aliphatic rings. The average molecular weight is 515 g/mol. The fourth-order valence-corrected chi connectivity index (χ4v) is 5.03. The highest BCUT2D eigenvalue weighted by Crippen LogP contribution is 2.30. The Hall–Kier alpha value is -3.52. The second-order valence-corrected chi connectivity index (χ2v) is 12.2. The van der Waals surface area contributed by atoms with Crippen LogP contribution in [-0.2, 0) is 16.6 Å². The van der Waals surface area contributed by atoms with Crippen LogP contribution >= 0.6 is 0 Å². The van der Waals surface area contributed by atoms with Crippen LogP contribution in [0.5, 0.6) is 0 Å². The van der Waals surface area contributed by atoms with E-state index >= 15 is 0 Å². The van der Waals surface area contributed by atoms with E-state index in [9.17, 15) is 4.79 Å². The van der Waals surface area contributed by atoms with Gasteiger partial charge >= 0.3 is 6.09 Å². The van der Waals surface area contributed by atoms with Crippen molar-refractivity contribution in [2.45, 2.75) is 71.4 Å². The van der Waals surface area contributed by atoms with Gasteiger partial charge in [0.1, 0.15) is 11.3 Å². The Morgan fingerprint density at radius 1 is 1.08 bits per heavy atom. The van der Waals surface area contributed by atoms with E-state index in [0.717, 1.165) is 47.3 Å². The largest absolute Gasteiger partial charge is 0.444 e. The van der Waals surface area contributed by atoms with Crippen LogP contribution in [0.25, 0.3) is 28.1 Å². The summed E-state index contributed by atoms with van der Waals surface area (Å²) in [4.78, 5) is 19.9. The van der Waals surface area contributed by atoms with Gasteiger partial charge in [-0.05, 0) is 68.8 Å². The van der Waals surface area contributed by atoms with Gasteiger partial charge in [0.05, 0.1) is 5.52 Å². The number of nitrogens with zero attached hydrogens (tertiary/aromatic N) is 5. The van der Waals surface area contributed by atoms with Crippen molar-refractivity contribution in [3.05, 3.63) is 59.8 Å². The zero-order chi connectivity index (χ0) is 27.1. The molecular formula is C30H38N6O2. The van der Waals surface area contributed by atoms with Gasteiger partial charge in [0, 0.05) is 30.7 Å². The number of ether oxygens (including phenoxy) is 1. The van der Waals surface area contributed by atoms with E-state index in [0.29, 0.717) is 18.8 Å².